The topological polar surface area (TPSA) is 26.3 Å². The van der Waals surface area contributed by atoms with E-state index in [1.54, 1.807) is 6.92 Å². The zero-order valence-electron chi connectivity index (χ0n) is 8.79. The van der Waals surface area contributed by atoms with Crippen molar-refractivity contribution in [2.24, 2.45) is 0 Å². The van der Waals surface area contributed by atoms with Gasteiger partial charge in [-0.25, -0.2) is 4.79 Å². The van der Waals surface area contributed by atoms with Gasteiger partial charge in [0, 0.05) is 10.5 Å². The summed E-state index contributed by atoms with van der Waals surface area (Å²) in [7, 11) is 0. The van der Waals surface area contributed by atoms with Crippen molar-refractivity contribution < 1.29 is 9.53 Å². The first-order chi connectivity index (χ1) is 7.13. The molecule has 1 rings (SSSR count). The van der Waals surface area contributed by atoms with Crippen LogP contribution in [0.3, 0.4) is 0 Å². The number of ether oxygens (including phenoxy) is 1. The van der Waals surface area contributed by atoms with Crippen LogP contribution in [0.1, 0.15) is 19.4 Å². The van der Waals surface area contributed by atoms with Crippen molar-refractivity contribution in [1.82, 2.24) is 0 Å². The minimum atomic E-state index is -0.294. The number of benzene rings is 1. The van der Waals surface area contributed by atoms with Crippen LogP contribution in [0.5, 0.6) is 0 Å². The summed E-state index contributed by atoms with van der Waals surface area (Å²) in [4.78, 5) is 11.2. The Morgan fingerprint density at radius 3 is 2.53 bits per heavy atom. The van der Waals surface area contributed by atoms with Gasteiger partial charge in [0.25, 0.3) is 0 Å². The second kappa shape index (κ2) is 5.71. The lowest BCUT2D eigenvalue weighted by molar-refractivity contribution is -0.137. The minimum absolute atomic E-state index is 0.294. The van der Waals surface area contributed by atoms with Crippen LogP contribution in [0, 0.1) is 0 Å². The van der Waals surface area contributed by atoms with Gasteiger partial charge in [-0.15, -0.1) is 0 Å². The van der Waals surface area contributed by atoms with Crippen molar-refractivity contribution in [2.75, 3.05) is 6.61 Å². The van der Waals surface area contributed by atoms with Gasteiger partial charge in [0.1, 0.15) is 0 Å². The first-order valence-corrected chi connectivity index (χ1v) is 5.53. The molecule has 0 unspecified atom stereocenters. The van der Waals surface area contributed by atoms with E-state index in [-0.39, 0.29) is 5.97 Å². The monoisotopic (exact) mass is 268 g/mol. The summed E-state index contributed by atoms with van der Waals surface area (Å²) in [5, 5.41) is 0. The fraction of sp³-hybridized carbons (Fsp3) is 0.250. The molecular formula is C12H13BrO2. The number of carbonyl (C=O) groups excluding carboxylic acids is 1. The Kier molecular flexibility index (Phi) is 4.56. The van der Waals surface area contributed by atoms with Crippen molar-refractivity contribution >= 4 is 27.5 Å². The van der Waals surface area contributed by atoms with E-state index in [2.05, 4.69) is 15.9 Å². The van der Waals surface area contributed by atoms with Crippen LogP contribution in [0.4, 0.5) is 0 Å². The predicted molar refractivity (Wildman–Crippen MR) is 64.4 cm³/mol. The third-order valence-electron chi connectivity index (χ3n) is 1.92. The molecule has 0 spiro atoms. The average molecular weight is 269 g/mol. The zero-order valence-corrected chi connectivity index (χ0v) is 10.4. The van der Waals surface area contributed by atoms with Gasteiger partial charge in [-0.05, 0) is 37.1 Å². The van der Waals surface area contributed by atoms with Gasteiger partial charge in [0.2, 0.25) is 0 Å². The molecule has 0 fully saturated rings. The van der Waals surface area contributed by atoms with Crippen molar-refractivity contribution in [2.45, 2.75) is 13.8 Å². The van der Waals surface area contributed by atoms with E-state index in [4.69, 9.17) is 4.74 Å². The maximum Gasteiger partial charge on any atom is 0.331 e. The van der Waals surface area contributed by atoms with Crippen molar-refractivity contribution in [1.29, 1.82) is 0 Å². The molecule has 0 atom stereocenters. The predicted octanol–water partition coefficient (Wildman–Crippen LogP) is 3.42. The summed E-state index contributed by atoms with van der Waals surface area (Å²) in [6.45, 7) is 4.09. The molecule has 0 amide bonds. The Labute approximate surface area is 98.1 Å². The van der Waals surface area contributed by atoms with Crippen molar-refractivity contribution in [3.63, 3.8) is 0 Å². The molecule has 0 aliphatic rings. The molecule has 0 saturated heterocycles. The molecule has 2 nitrogen and oxygen atoms in total. The number of carbonyl (C=O) groups is 1. The van der Waals surface area contributed by atoms with Crippen LogP contribution in [0.2, 0.25) is 0 Å². The van der Waals surface area contributed by atoms with E-state index in [1.165, 1.54) is 6.08 Å². The Balaban J connectivity index is 2.79. The largest absolute Gasteiger partial charge is 0.463 e. The molecule has 1 aromatic rings. The van der Waals surface area contributed by atoms with E-state index in [9.17, 15) is 4.79 Å². The lowest BCUT2D eigenvalue weighted by Crippen LogP contribution is -2.00. The molecule has 0 aliphatic carbocycles. The Morgan fingerprint density at radius 2 is 2.00 bits per heavy atom. The molecule has 80 valence electrons. The molecule has 0 saturated carbocycles. The normalized spacial score (nSPS) is 11.3. The summed E-state index contributed by atoms with van der Waals surface area (Å²) >= 11 is 3.36. The van der Waals surface area contributed by atoms with Gasteiger partial charge >= 0.3 is 5.97 Å². The first kappa shape index (κ1) is 12.0. The van der Waals surface area contributed by atoms with Gasteiger partial charge in [-0.1, -0.05) is 28.1 Å². The van der Waals surface area contributed by atoms with Gasteiger partial charge in [-0.2, -0.15) is 0 Å². The lowest BCUT2D eigenvalue weighted by Gasteiger charge is -2.02. The average Bonchev–Trinajstić information content (AvgIpc) is 2.18. The second-order valence-corrected chi connectivity index (χ2v) is 4.00. The summed E-state index contributed by atoms with van der Waals surface area (Å²) in [6.07, 6.45) is 1.51. The van der Waals surface area contributed by atoms with E-state index in [1.807, 2.05) is 31.2 Å². The van der Waals surface area contributed by atoms with Crippen LogP contribution < -0.4 is 0 Å². The van der Waals surface area contributed by atoms with E-state index < -0.39 is 0 Å². The molecule has 0 radical (unpaired) electrons. The Hall–Kier alpha value is -1.09. The zero-order chi connectivity index (χ0) is 11.3. The molecule has 15 heavy (non-hydrogen) atoms. The molecule has 3 heteroatoms. The fourth-order valence-corrected chi connectivity index (χ4v) is 1.42. The van der Waals surface area contributed by atoms with Gasteiger partial charge in [0.15, 0.2) is 0 Å². The molecule has 0 heterocycles. The minimum Gasteiger partial charge on any atom is -0.463 e. The maximum absolute atomic E-state index is 11.2. The van der Waals surface area contributed by atoms with Crippen LogP contribution in [-0.2, 0) is 9.53 Å². The van der Waals surface area contributed by atoms with E-state index >= 15 is 0 Å². The van der Waals surface area contributed by atoms with Crippen LogP contribution in [-0.4, -0.2) is 12.6 Å². The van der Waals surface area contributed by atoms with Crippen molar-refractivity contribution in [3.8, 4) is 0 Å². The first-order valence-electron chi connectivity index (χ1n) is 4.74. The Bertz CT molecular complexity index is 366. The number of hydrogen-bond donors (Lipinski definition) is 0. The van der Waals surface area contributed by atoms with Crippen LogP contribution >= 0.6 is 15.9 Å². The van der Waals surface area contributed by atoms with Crippen LogP contribution in [0.15, 0.2) is 34.8 Å². The highest BCUT2D eigenvalue weighted by molar-refractivity contribution is 9.10. The lowest BCUT2D eigenvalue weighted by atomic mass is 10.1. The fourth-order valence-electron chi connectivity index (χ4n) is 1.16. The SMILES string of the molecule is CCOC(=O)/C=C(\C)c1ccc(Br)cc1. The Morgan fingerprint density at radius 1 is 1.40 bits per heavy atom. The van der Waals surface area contributed by atoms with Gasteiger partial charge in [0.05, 0.1) is 6.61 Å². The van der Waals surface area contributed by atoms with E-state index in [0.29, 0.717) is 6.61 Å². The maximum atomic E-state index is 11.2. The second-order valence-electron chi connectivity index (χ2n) is 3.09. The summed E-state index contributed by atoms with van der Waals surface area (Å²) < 4.78 is 5.86. The molecule has 0 aromatic heterocycles. The molecule has 1 aromatic carbocycles. The van der Waals surface area contributed by atoms with Gasteiger partial charge < -0.3 is 4.74 Å². The highest BCUT2D eigenvalue weighted by Gasteiger charge is 2.00. The molecule has 0 bridgehead atoms. The van der Waals surface area contributed by atoms with Crippen molar-refractivity contribution in [3.05, 3.63) is 40.4 Å². The third-order valence-corrected chi connectivity index (χ3v) is 2.45. The number of halogens is 1. The highest BCUT2D eigenvalue weighted by atomic mass is 79.9. The number of esters is 1. The number of allylic oxidation sites excluding steroid dienone is 1. The smallest absolute Gasteiger partial charge is 0.331 e. The number of hydrogen-bond acceptors (Lipinski definition) is 2. The third kappa shape index (κ3) is 3.88. The van der Waals surface area contributed by atoms with Crippen LogP contribution in [0.25, 0.3) is 5.57 Å². The van der Waals surface area contributed by atoms with Gasteiger partial charge in [-0.3, -0.25) is 0 Å². The standard InChI is InChI=1S/C12H13BrO2/c1-3-15-12(14)8-9(2)10-4-6-11(13)7-5-10/h4-8H,3H2,1-2H3/b9-8+. The summed E-state index contributed by atoms with van der Waals surface area (Å²) in [5.41, 5.74) is 1.92. The highest BCUT2D eigenvalue weighted by Crippen LogP contribution is 2.17. The molecular weight excluding hydrogens is 256 g/mol. The molecule has 0 N–H and O–H groups in total. The summed E-state index contributed by atoms with van der Waals surface area (Å²) in [6, 6.07) is 7.79. The molecule has 0 aliphatic heterocycles. The summed E-state index contributed by atoms with van der Waals surface area (Å²) in [5.74, 6) is -0.294. The number of rotatable bonds is 3. The quantitative estimate of drug-likeness (QED) is 0.620. The van der Waals surface area contributed by atoms with E-state index in [0.717, 1.165) is 15.6 Å².